The number of benzene rings is 1. The van der Waals surface area contributed by atoms with Crippen molar-refractivity contribution in [2.45, 2.75) is 26.2 Å². The number of anilines is 1. The van der Waals surface area contributed by atoms with E-state index in [2.05, 4.69) is 10.6 Å². The summed E-state index contributed by atoms with van der Waals surface area (Å²) in [5.41, 5.74) is 0.269. The standard InChI is InChI=1S/C15H18F2N2O/c1-9-6-12(17)13(7-11(9)16)19-14(20)10-8-15(10)2-4-18-5-3-15/h6-7,10,18H,2-5,8H2,1H3,(H,19,20). The van der Waals surface area contributed by atoms with Crippen molar-refractivity contribution in [1.82, 2.24) is 5.32 Å². The highest BCUT2D eigenvalue weighted by Gasteiger charge is 2.57. The number of nitrogens with one attached hydrogen (secondary N) is 2. The lowest BCUT2D eigenvalue weighted by Crippen LogP contribution is -2.31. The predicted molar refractivity (Wildman–Crippen MR) is 72.4 cm³/mol. The number of hydrogen-bond donors (Lipinski definition) is 2. The van der Waals surface area contributed by atoms with E-state index in [9.17, 15) is 13.6 Å². The van der Waals surface area contributed by atoms with Crippen molar-refractivity contribution in [1.29, 1.82) is 0 Å². The fourth-order valence-corrected chi connectivity index (χ4v) is 3.16. The third-order valence-electron chi connectivity index (χ3n) is 4.61. The molecule has 5 heteroatoms. The molecule has 108 valence electrons. The van der Waals surface area contributed by atoms with E-state index in [4.69, 9.17) is 0 Å². The summed E-state index contributed by atoms with van der Waals surface area (Å²) in [5, 5.41) is 5.81. The zero-order valence-electron chi connectivity index (χ0n) is 11.4. The summed E-state index contributed by atoms with van der Waals surface area (Å²) in [5.74, 6) is -1.34. The van der Waals surface area contributed by atoms with Gasteiger partial charge in [-0.15, -0.1) is 0 Å². The van der Waals surface area contributed by atoms with Gasteiger partial charge in [-0.2, -0.15) is 0 Å². The highest BCUT2D eigenvalue weighted by atomic mass is 19.1. The van der Waals surface area contributed by atoms with Gasteiger partial charge in [-0.05, 0) is 56.3 Å². The molecular weight excluding hydrogens is 262 g/mol. The summed E-state index contributed by atoms with van der Waals surface area (Å²) in [4.78, 5) is 12.2. The van der Waals surface area contributed by atoms with Crippen LogP contribution in [-0.4, -0.2) is 19.0 Å². The van der Waals surface area contributed by atoms with Crippen molar-refractivity contribution in [3.63, 3.8) is 0 Å². The van der Waals surface area contributed by atoms with E-state index < -0.39 is 11.6 Å². The summed E-state index contributed by atoms with van der Waals surface area (Å²) in [7, 11) is 0. The first-order valence-electron chi connectivity index (χ1n) is 6.99. The van der Waals surface area contributed by atoms with Crippen LogP contribution in [-0.2, 0) is 4.79 Å². The Morgan fingerprint density at radius 1 is 1.30 bits per heavy atom. The van der Waals surface area contributed by atoms with Crippen LogP contribution in [0, 0.1) is 29.9 Å². The van der Waals surface area contributed by atoms with Crippen LogP contribution in [0.25, 0.3) is 0 Å². The first-order valence-corrected chi connectivity index (χ1v) is 6.99. The summed E-state index contributed by atoms with van der Waals surface area (Å²) in [6.07, 6.45) is 2.82. The van der Waals surface area contributed by atoms with Crippen molar-refractivity contribution in [2.75, 3.05) is 18.4 Å². The maximum Gasteiger partial charge on any atom is 0.228 e. The molecule has 1 aromatic rings. The van der Waals surface area contributed by atoms with Gasteiger partial charge in [0.05, 0.1) is 5.69 Å². The zero-order chi connectivity index (χ0) is 14.3. The fraction of sp³-hybridized carbons (Fsp3) is 0.533. The van der Waals surface area contributed by atoms with Crippen molar-refractivity contribution in [3.05, 3.63) is 29.3 Å². The highest BCUT2D eigenvalue weighted by Crippen LogP contribution is 2.58. The molecule has 1 saturated heterocycles. The molecule has 1 spiro atoms. The largest absolute Gasteiger partial charge is 0.323 e. The molecule has 0 aromatic heterocycles. The summed E-state index contributed by atoms with van der Waals surface area (Å²) in [6, 6.07) is 2.16. The van der Waals surface area contributed by atoms with Crippen LogP contribution in [0.3, 0.4) is 0 Å². The minimum absolute atomic E-state index is 0.0610. The Balaban J connectivity index is 1.70. The summed E-state index contributed by atoms with van der Waals surface area (Å²) in [6.45, 7) is 3.35. The molecule has 2 aliphatic rings. The number of halogens is 2. The second-order valence-electron chi connectivity index (χ2n) is 5.94. The Morgan fingerprint density at radius 3 is 2.70 bits per heavy atom. The summed E-state index contributed by atoms with van der Waals surface area (Å²) < 4.78 is 27.2. The van der Waals surface area contributed by atoms with Crippen LogP contribution in [0.2, 0.25) is 0 Å². The van der Waals surface area contributed by atoms with Gasteiger partial charge in [0, 0.05) is 12.0 Å². The first kappa shape index (κ1) is 13.5. The van der Waals surface area contributed by atoms with Gasteiger partial charge in [0.2, 0.25) is 5.91 Å². The Hall–Kier alpha value is -1.49. The maximum absolute atomic E-state index is 13.7. The quantitative estimate of drug-likeness (QED) is 0.874. The van der Waals surface area contributed by atoms with Gasteiger partial charge in [0.15, 0.2) is 0 Å². The van der Waals surface area contributed by atoms with Crippen molar-refractivity contribution in [3.8, 4) is 0 Å². The zero-order valence-corrected chi connectivity index (χ0v) is 11.4. The second-order valence-corrected chi connectivity index (χ2v) is 5.94. The van der Waals surface area contributed by atoms with E-state index in [0.717, 1.165) is 44.5 Å². The molecule has 0 bridgehead atoms. The van der Waals surface area contributed by atoms with Crippen molar-refractivity contribution < 1.29 is 13.6 Å². The van der Waals surface area contributed by atoms with Gasteiger partial charge in [-0.1, -0.05) is 0 Å². The fourth-order valence-electron chi connectivity index (χ4n) is 3.16. The molecule has 2 N–H and O–H groups in total. The number of carbonyl (C=O) groups is 1. The van der Waals surface area contributed by atoms with Gasteiger partial charge >= 0.3 is 0 Å². The van der Waals surface area contributed by atoms with E-state index in [1.54, 1.807) is 0 Å². The topological polar surface area (TPSA) is 41.1 Å². The Morgan fingerprint density at radius 2 is 2.00 bits per heavy atom. The number of amides is 1. The molecule has 2 fully saturated rings. The van der Waals surface area contributed by atoms with Gasteiger partial charge < -0.3 is 10.6 Å². The lowest BCUT2D eigenvalue weighted by molar-refractivity contribution is -0.118. The Bertz CT molecular complexity index is 553. The molecule has 3 nitrogen and oxygen atoms in total. The maximum atomic E-state index is 13.7. The van der Waals surface area contributed by atoms with Gasteiger partial charge in [0.25, 0.3) is 0 Å². The van der Waals surface area contributed by atoms with E-state index in [1.807, 2.05) is 0 Å². The van der Waals surface area contributed by atoms with Crippen LogP contribution < -0.4 is 10.6 Å². The molecule has 1 atom stereocenters. The molecule has 0 radical (unpaired) electrons. The first-order chi connectivity index (χ1) is 9.52. The normalized spacial score (nSPS) is 23.6. The lowest BCUT2D eigenvalue weighted by Gasteiger charge is -2.23. The van der Waals surface area contributed by atoms with Crippen LogP contribution >= 0.6 is 0 Å². The molecule has 1 unspecified atom stereocenters. The van der Waals surface area contributed by atoms with Crippen LogP contribution in [0.1, 0.15) is 24.8 Å². The molecule has 1 amide bonds. The lowest BCUT2D eigenvalue weighted by atomic mass is 9.92. The third-order valence-corrected chi connectivity index (χ3v) is 4.61. The van der Waals surface area contributed by atoms with E-state index in [1.165, 1.54) is 6.92 Å². The molecule has 1 aliphatic heterocycles. The Kier molecular flexibility index (Phi) is 3.24. The number of carbonyl (C=O) groups excluding carboxylic acids is 1. The smallest absolute Gasteiger partial charge is 0.228 e. The van der Waals surface area contributed by atoms with E-state index in [0.29, 0.717) is 0 Å². The highest BCUT2D eigenvalue weighted by molar-refractivity contribution is 5.95. The monoisotopic (exact) mass is 280 g/mol. The molecule has 1 heterocycles. The molecular formula is C15H18F2N2O. The number of aryl methyl sites for hydroxylation is 1. The van der Waals surface area contributed by atoms with Gasteiger partial charge in [0.1, 0.15) is 11.6 Å². The van der Waals surface area contributed by atoms with Gasteiger partial charge in [-0.25, -0.2) is 8.78 Å². The average molecular weight is 280 g/mol. The molecule has 1 aliphatic carbocycles. The average Bonchev–Trinajstić information content (AvgIpc) is 3.10. The third kappa shape index (κ3) is 2.30. The van der Waals surface area contributed by atoms with E-state index in [-0.39, 0.29) is 28.5 Å². The SMILES string of the molecule is Cc1cc(F)c(NC(=O)C2CC23CCNCC3)cc1F. The predicted octanol–water partition coefficient (Wildman–Crippen LogP) is 2.60. The van der Waals surface area contributed by atoms with Crippen molar-refractivity contribution >= 4 is 11.6 Å². The van der Waals surface area contributed by atoms with Gasteiger partial charge in [-0.3, -0.25) is 4.79 Å². The number of hydrogen-bond acceptors (Lipinski definition) is 2. The van der Waals surface area contributed by atoms with Crippen molar-refractivity contribution in [2.24, 2.45) is 11.3 Å². The second kappa shape index (κ2) is 4.81. The molecule has 1 saturated carbocycles. The summed E-state index contributed by atoms with van der Waals surface area (Å²) >= 11 is 0. The minimum Gasteiger partial charge on any atom is -0.323 e. The van der Waals surface area contributed by atoms with E-state index >= 15 is 0 Å². The molecule has 1 aromatic carbocycles. The van der Waals surface area contributed by atoms with Crippen LogP contribution in [0.4, 0.5) is 14.5 Å². The number of piperidine rings is 1. The van der Waals surface area contributed by atoms with Crippen LogP contribution in [0.15, 0.2) is 12.1 Å². The Labute approximate surface area is 116 Å². The number of rotatable bonds is 2. The molecule has 20 heavy (non-hydrogen) atoms. The minimum atomic E-state index is -0.586. The molecule has 3 rings (SSSR count). The van der Waals surface area contributed by atoms with Crippen LogP contribution in [0.5, 0.6) is 0 Å².